The van der Waals surface area contributed by atoms with Gasteiger partial charge < -0.3 is 16.2 Å². The smallest absolute Gasteiger partial charge is 0.311 e. The van der Waals surface area contributed by atoms with Crippen molar-refractivity contribution in [3.05, 3.63) is 23.0 Å². The van der Waals surface area contributed by atoms with Crippen molar-refractivity contribution in [3.63, 3.8) is 0 Å². The van der Waals surface area contributed by atoms with E-state index in [1.807, 2.05) is 0 Å². The molecule has 1 aromatic heterocycles. The highest BCUT2D eigenvalue weighted by Crippen LogP contribution is 2.30. The van der Waals surface area contributed by atoms with Gasteiger partial charge in [-0.05, 0) is 12.5 Å². The first-order chi connectivity index (χ1) is 8.51. The predicted octanol–water partition coefficient (Wildman–Crippen LogP) is 1.17. The van der Waals surface area contributed by atoms with Crippen LogP contribution in [0.3, 0.4) is 0 Å². The lowest BCUT2D eigenvalue weighted by Gasteiger charge is -2.13. The van der Waals surface area contributed by atoms with Crippen LogP contribution in [-0.4, -0.2) is 17.6 Å². The number of aromatic nitrogens is 1. The third-order valence-corrected chi connectivity index (χ3v) is 2.38. The maximum Gasteiger partial charge on any atom is 0.311 e. The molecular weight excluding hydrogens is 244 g/mol. The largest absolute Gasteiger partial charge is 0.466 e. The first-order valence-electron chi connectivity index (χ1n) is 5.41. The number of rotatable bonds is 5. The minimum Gasteiger partial charge on any atom is -0.466 e. The number of pyridine rings is 1. The van der Waals surface area contributed by atoms with E-state index >= 15 is 0 Å². The van der Waals surface area contributed by atoms with Crippen LogP contribution in [0.4, 0.5) is 14.5 Å². The number of nitrogens with zero attached hydrogens (tertiary/aromatic N) is 1. The molecule has 0 unspecified atom stereocenters. The van der Waals surface area contributed by atoms with Crippen LogP contribution in [0.25, 0.3) is 0 Å². The molecule has 0 bridgehead atoms. The van der Waals surface area contributed by atoms with Gasteiger partial charge in [-0.3, -0.25) is 9.78 Å². The molecule has 0 aliphatic rings. The van der Waals surface area contributed by atoms with Crippen LogP contribution in [-0.2, 0) is 22.5 Å². The van der Waals surface area contributed by atoms with Gasteiger partial charge in [-0.1, -0.05) is 0 Å². The molecule has 1 rings (SSSR count). The number of nitrogens with two attached hydrogens (primary N) is 2. The van der Waals surface area contributed by atoms with E-state index in [1.165, 1.54) is 6.20 Å². The average Bonchev–Trinajstić information content (AvgIpc) is 2.31. The number of alkyl halides is 2. The summed E-state index contributed by atoms with van der Waals surface area (Å²) in [5.41, 5.74) is 10.6. The zero-order chi connectivity index (χ0) is 13.7. The molecule has 0 aliphatic heterocycles. The number of esters is 1. The second-order valence-corrected chi connectivity index (χ2v) is 3.54. The van der Waals surface area contributed by atoms with Crippen LogP contribution < -0.4 is 11.5 Å². The van der Waals surface area contributed by atoms with E-state index in [2.05, 4.69) is 4.98 Å². The van der Waals surface area contributed by atoms with Gasteiger partial charge in [0, 0.05) is 18.3 Å². The van der Waals surface area contributed by atoms with Gasteiger partial charge in [0.2, 0.25) is 0 Å². The molecule has 0 atom stereocenters. The van der Waals surface area contributed by atoms with Gasteiger partial charge in [0.1, 0.15) is 0 Å². The molecule has 0 saturated heterocycles. The minimum absolute atomic E-state index is 0.0842. The third-order valence-electron chi connectivity index (χ3n) is 2.38. The van der Waals surface area contributed by atoms with Crippen LogP contribution in [0.15, 0.2) is 6.20 Å². The summed E-state index contributed by atoms with van der Waals surface area (Å²) in [5.74, 6) is -0.558. The molecule has 0 aliphatic carbocycles. The van der Waals surface area contributed by atoms with E-state index in [1.54, 1.807) is 6.92 Å². The quantitative estimate of drug-likeness (QED) is 0.774. The second-order valence-electron chi connectivity index (χ2n) is 3.54. The summed E-state index contributed by atoms with van der Waals surface area (Å²) >= 11 is 0. The van der Waals surface area contributed by atoms with E-state index in [9.17, 15) is 13.6 Å². The highest BCUT2D eigenvalue weighted by Gasteiger charge is 2.20. The molecule has 4 N–H and O–H groups in total. The second kappa shape index (κ2) is 6.25. The Balaban J connectivity index is 3.08. The van der Waals surface area contributed by atoms with Crippen LogP contribution in [0, 0.1) is 0 Å². The van der Waals surface area contributed by atoms with Crippen LogP contribution in [0.5, 0.6) is 0 Å². The van der Waals surface area contributed by atoms with E-state index in [0.29, 0.717) is 0 Å². The molecule has 18 heavy (non-hydrogen) atoms. The Morgan fingerprint density at radius 3 is 2.72 bits per heavy atom. The van der Waals surface area contributed by atoms with Gasteiger partial charge in [-0.2, -0.15) is 0 Å². The fourth-order valence-corrected chi connectivity index (χ4v) is 1.53. The van der Waals surface area contributed by atoms with Crippen molar-refractivity contribution in [2.45, 2.75) is 26.3 Å². The Morgan fingerprint density at radius 1 is 1.56 bits per heavy atom. The lowest BCUT2D eigenvalue weighted by molar-refractivity contribution is -0.142. The highest BCUT2D eigenvalue weighted by molar-refractivity contribution is 5.74. The van der Waals surface area contributed by atoms with Crippen molar-refractivity contribution < 1.29 is 18.3 Å². The van der Waals surface area contributed by atoms with E-state index < -0.39 is 12.4 Å². The monoisotopic (exact) mass is 259 g/mol. The maximum absolute atomic E-state index is 12.9. The van der Waals surface area contributed by atoms with Crippen molar-refractivity contribution in [2.75, 3.05) is 12.3 Å². The first kappa shape index (κ1) is 14.3. The number of hydrogen-bond acceptors (Lipinski definition) is 5. The molecule has 0 fully saturated rings. The van der Waals surface area contributed by atoms with Crippen LogP contribution in [0.1, 0.15) is 30.2 Å². The predicted molar refractivity (Wildman–Crippen MR) is 61.8 cm³/mol. The molecule has 0 spiro atoms. The molecule has 5 nitrogen and oxygen atoms in total. The Morgan fingerprint density at radius 2 is 2.22 bits per heavy atom. The van der Waals surface area contributed by atoms with Gasteiger partial charge in [0.15, 0.2) is 0 Å². The van der Waals surface area contributed by atoms with Crippen LogP contribution in [0.2, 0.25) is 0 Å². The number of carbonyl (C=O) groups is 1. The van der Waals surface area contributed by atoms with Gasteiger partial charge >= 0.3 is 5.97 Å². The number of nitrogen functional groups attached to an aromatic ring is 1. The summed E-state index contributed by atoms with van der Waals surface area (Å²) in [7, 11) is 0. The Bertz CT molecular complexity index is 439. The van der Waals surface area contributed by atoms with Crippen molar-refractivity contribution in [1.29, 1.82) is 0 Å². The molecule has 1 heterocycles. The Hall–Kier alpha value is -1.76. The molecule has 0 aromatic carbocycles. The number of carbonyl (C=O) groups excluding carboxylic acids is 1. The Kier molecular flexibility index (Phi) is 4.96. The SMILES string of the molecule is CCOC(=O)Cc1ncc(CN)c(C(F)F)c1N. The molecule has 7 heteroatoms. The third kappa shape index (κ3) is 3.13. The van der Waals surface area contributed by atoms with Gasteiger partial charge in [-0.15, -0.1) is 0 Å². The topological polar surface area (TPSA) is 91.2 Å². The fraction of sp³-hybridized carbons (Fsp3) is 0.455. The van der Waals surface area contributed by atoms with Crippen LogP contribution >= 0.6 is 0 Å². The number of anilines is 1. The maximum atomic E-state index is 12.9. The van der Waals surface area contributed by atoms with Crippen molar-refractivity contribution in [1.82, 2.24) is 4.98 Å². The van der Waals surface area contributed by atoms with Gasteiger partial charge in [0.05, 0.1) is 24.4 Å². The molecule has 0 amide bonds. The van der Waals surface area contributed by atoms with Gasteiger partial charge in [0.25, 0.3) is 6.43 Å². The normalized spacial score (nSPS) is 10.7. The first-order valence-corrected chi connectivity index (χ1v) is 5.41. The summed E-state index contributed by atoms with van der Waals surface area (Å²) in [6.45, 7) is 1.77. The van der Waals surface area contributed by atoms with Crippen molar-refractivity contribution >= 4 is 11.7 Å². The molecule has 0 saturated carbocycles. The standard InChI is InChI=1S/C11H15F2N3O2/c1-2-18-8(17)3-7-10(15)9(11(12)13)6(4-14)5-16-7/h5,11H,2-4,14-15H2,1H3. The zero-order valence-corrected chi connectivity index (χ0v) is 9.95. The van der Waals surface area contributed by atoms with E-state index in [0.717, 1.165) is 0 Å². The number of halogens is 2. The lowest BCUT2D eigenvalue weighted by Crippen LogP contribution is -2.14. The fourth-order valence-electron chi connectivity index (χ4n) is 1.53. The van der Waals surface area contributed by atoms with Crippen molar-refractivity contribution in [2.24, 2.45) is 5.73 Å². The summed E-state index contributed by atoms with van der Waals surface area (Å²) in [5, 5.41) is 0. The van der Waals surface area contributed by atoms with E-state index in [4.69, 9.17) is 16.2 Å². The summed E-state index contributed by atoms with van der Waals surface area (Å²) in [6, 6.07) is 0. The summed E-state index contributed by atoms with van der Waals surface area (Å²) in [4.78, 5) is 15.1. The summed E-state index contributed by atoms with van der Waals surface area (Å²) in [6.07, 6.45) is -1.77. The highest BCUT2D eigenvalue weighted by atomic mass is 19.3. The van der Waals surface area contributed by atoms with Gasteiger partial charge in [-0.25, -0.2) is 8.78 Å². The minimum atomic E-state index is -2.76. The average molecular weight is 259 g/mol. The molecule has 100 valence electrons. The summed E-state index contributed by atoms with van der Waals surface area (Å²) < 4.78 is 30.4. The molecule has 0 radical (unpaired) electrons. The Labute approximate surface area is 103 Å². The lowest BCUT2D eigenvalue weighted by atomic mass is 10.1. The molecular formula is C11H15F2N3O2. The molecule has 1 aromatic rings. The van der Waals surface area contributed by atoms with E-state index in [-0.39, 0.29) is 42.1 Å². The number of hydrogen-bond donors (Lipinski definition) is 2. The zero-order valence-electron chi connectivity index (χ0n) is 9.95. The number of ether oxygens (including phenoxy) is 1. The van der Waals surface area contributed by atoms with Crippen molar-refractivity contribution in [3.8, 4) is 0 Å².